The summed E-state index contributed by atoms with van der Waals surface area (Å²) in [7, 11) is 1.62. The SMILES string of the molecule is COC(c1nc(Cl)c(I)c(Cl)n1)C(C)(C)C. The molecule has 0 aliphatic carbocycles. The van der Waals surface area contributed by atoms with Gasteiger partial charge in [-0.1, -0.05) is 44.0 Å². The molecule has 0 aliphatic rings. The van der Waals surface area contributed by atoms with E-state index in [4.69, 9.17) is 27.9 Å². The Morgan fingerprint density at radius 2 is 1.62 bits per heavy atom. The van der Waals surface area contributed by atoms with Crippen LogP contribution in [0.25, 0.3) is 0 Å². The van der Waals surface area contributed by atoms with Crippen molar-refractivity contribution >= 4 is 45.8 Å². The highest BCUT2D eigenvalue weighted by atomic mass is 127. The van der Waals surface area contributed by atoms with Crippen LogP contribution in [-0.4, -0.2) is 17.1 Å². The van der Waals surface area contributed by atoms with E-state index < -0.39 is 0 Å². The molecule has 0 spiro atoms. The van der Waals surface area contributed by atoms with Crippen molar-refractivity contribution in [2.45, 2.75) is 26.9 Å². The lowest BCUT2D eigenvalue weighted by molar-refractivity contribution is 0.00864. The molecular formula is C10H13Cl2IN2O. The van der Waals surface area contributed by atoms with Crippen LogP contribution in [0, 0.1) is 8.99 Å². The number of rotatable bonds is 2. The van der Waals surface area contributed by atoms with E-state index in [0.717, 1.165) is 0 Å². The van der Waals surface area contributed by atoms with Crippen LogP contribution in [0.5, 0.6) is 0 Å². The molecule has 1 unspecified atom stereocenters. The quantitative estimate of drug-likeness (QED) is 0.576. The summed E-state index contributed by atoms with van der Waals surface area (Å²) in [5.41, 5.74) is -0.117. The highest BCUT2D eigenvalue weighted by Crippen LogP contribution is 2.35. The van der Waals surface area contributed by atoms with Crippen molar-refractivity contribution in [3.05, 3.63) is 19.7 Å². The molecule has 0 bridgehead atoms. The first-order chi connectivity index (χ1) is 7.27. The predicted molar refractivity (Wildman–Crippen MR) is 74.0 cm³/mol. The third-order valence-corrected chi connectivity index (χ3v) is 4.25. The molecular weight excluding hydrogens is 362 g/mol. The van der Waals surface area contributed by atoms with E-state index in [1.54, 1.807) is 7.11 Å². The van der Waals surface area contributed by atoms with E-state index in [0.29, 0.717) is 19.7 Å². The Labute approximate surface area is 119 Å². The fourth-order valence-electron chi connectivity index (χ4n) is 1.37. The summed E-state index contributed by atoms with van der Waals surface area (Å²) >= 11 is 14.0. The summed E-state index contributed by atoms with van der Waals surface area (Å²) in [6, 6.07) is 0. The predicted octanol–water partition coefficient (Wildman–Crippen LogP) is 4.12. The molecule has 6 heteroatoms. The third kappa shape index (κ3) is 3.18. The van der Waals surface area contributed by atoms with E-state index in [-0.39, 0.29) is 11.5 Å². The summed E-state index contributed by atoms with van der Waals surface area (Å²) in [5.74, 6) is 0.519. The number of halogens is 3. The molecule has 90 valence electrons. The van der Waals surface area contributed by atoms with Crippen molar-refractivity contribution in [1.29, 1.82) is 0 Å². The van der Waals surface area contributed by atoms with Gasteiger partial charge in [0, 0.05) is 7.11 Å². The van der Waals surface area contributed by atoms with Crippen LogP contribution in [-0.2, 0) is 4.74 Å². The van der Waals surface area contributed by atoms with Crippen molar-refractivity contribution in [2.75, 3.05) is 7.11 Å². The van der Waals surface area contributed by atoms with E-state index in [9.17, 15) is 0 Å². The number of nitrogens with zero attached hydrogens (tertiary/aromatic N) is 2. The summed E-state index contributed by atoms with van der Waals surface area (Å²) in [6.07, 6.45) is -0.237. The monoisotopic (exact) mass is 374 g/mol. The van der Waals surface area contributed by atoms with Gasteiger partial charge in [0.25, 0.3) is 0 Å². The fraction of sp³-hybridized carbons (Fsp3) is 0.600. The Kier molecular flexibility index (Phi) is 4.80. The van der Waals surface area contributed by atoms with Crippen LogP contribution in [0.4, 0.5) is 0 Å². The lowest BCUT2D eigenvalue weighted by Gasteiger charge is -2.28. The highest BCUT2D eigenvalue weighted by Gasteiger charge is 2.29. The average Bonchev–Trinajstić information content (AvgIpc) is 2.12. The van der Waals surface area contributed by atoms with Gasteiger partial charge in [0.1, 0.15) is 16.4 Å². The highest BCUT2D eigenvalue weighted by molar-refractivity contribution is 14.1. The van der Waals surface area contributed by atoms with Crippen LogP contribution in [0.2, 0.25) is 10.3 Å². The van der Waals surface area contributed by atoms with Gasteiger partial charge in [0.15, 0.2) is 5.82 Å². The third-order valence-electron chi connectivity index (χ3n) is 2.04. The van der Waals surface area contributed by atoms with Crippen LogP contribution < -0.4 is 0 Å². The van der Waals surface area contributed by atoms with Gasteiger partial charge in [-0.15, -0.1) is 0 Å². The Morgan fingerprint density at radius 3 is 1.94 bits per heavy atom. The van der Waals surface area contributed by atoms with Crippen molar-refractivity contribution in [1.82, 2.24) is 9.97 Å². The van der Waals surface area contributed by atoms with Crippen LogP contribution >= 0.6 is 45.8 Å². The molecule has 1 atom stereocenters. The van der Waals surface area contributed by atoms with Gasteiger partial charge in [-0.2, -0.15) is 0 Å². The van der Waals surface area contributed by atoms with Crippen LogP contribution in [0.15, 0.2) is 0 Å². The molecule has 1 heterocycles. The largest absolute Gasteiger partial charge is 0.373 e. The zero-order chi connectivity index (χ0) is 12.5. The second-order valence-electron chi connectivity index (χ2n) is 4.46. The number of aromatic nitrogens is 2. The molecule has 0 radical (unpaired) electrons. The molecule has 0 amide bonds. The fourth-order valence-corrected chi connectivity index (χ4v) is 2.01. The molecule has 1 aromatic heterocycles. The van der Waals surface area contributed by atoms with Gasteiger partial charge in [-0.25, -0.2) is 9.97 Å². The second-order valence-corrected chi connectivity index (χ2v) is 6.25. The zero-order valence-corrected chi connectivity index (χ0v) is 13.2. The zero-order valence-electron chi connectivity index (χ0n) is 9.51. The number of ether oxygens (including phenoxy) is 1. The van der Waals surface area contributed by atoms with E-state index >= 15 is 0 Å². The molecule has 0 fully saturated rings. The summed E-state index contributed by atoms with van der Waals surface area (Å²) in [5, 5.41) is 0.726. The Balaban J connectivity index is 3.22. The van der Waals surface area contributed by atoms with Crippen LogP contribution in [0.3, 0.4) is 0 Å². The number of hydrogen-bond donors (Lipinski definition) is 0. The maximum Gasteiger partial charge on any atom is 0.161 e. The van der Waals surface area contributed by atoms with Crippen molar-refractivity contribution < 1.29 is 4.74 Å². The first kappa shape index (κ1) is 14.4. The van der Waals surface area contributed by atoms with Gasteiger partial charge in [0.05, 0.1) is 3.57 Å². The molecule has 0 aliphatic heterocycles. The Hall–Kier alpha value is 0.350. The van der Waals surface area contributed by atoms with Gasteiger partial charge < -0.3 is 4.74 Å². The number of hydrogen-bond acceptors (Lipinski definition) is 3. The summed E-state index contributed by atoms with van der Waals surface area (Å²) in [4.78, 5) is 8.42. The number of methoxy groups -OCH3 is 1. The molecule has 1 aromatic rings. The molecule has 0 saturated heterocycles. The molecule has 1 rings (SSSR count). The smallest absolute Gasteiger partial charge is 0.161 e. The van der Waals surface area contributed by atoms with Gasteiger partial charge >= 0.3 is 0 Å². The Bertz CT molecular complexity index is 370. The van der Waals surface area contributed by atoms with E-state index in [2.05, 4.69) is 9.97 Å². The molecule has 0 N–H and O–H groups in total. The topological polar surface area (TPSA) is 35.0 Å². The van der Waals surface area contributed by atoms with Gasteiger partial charge in [0.2, 0.25) is 0 Å². The lowest BCUT2D eigenvalue weighted by atomic mass is 9.88. The summed E-state index contributed by atoms with van der Waals surface area (Å²) in [6.45, 7) is 6.14. The molecule has 0 aromatic carbocycles. The summed E-state index contributed by atoms with van der Waals surface area (Å²) < 4.78 is 6.07. The first-order valence-electron chi connectivity index (χ1n) is 4.68. The van der Waals surface area contributed by atoms with Gasteiger partial charge in [-0.05, 0) is 28.0 Å². The van der Waals surface area contributed by atoms with E-state index in [1.165, 1.54) is 0 Å². The minimum atomic E-state index is -0.237. The van der Waals surface area contributed by atoms with Crippen molar-refractivity contribution in [2.24, 2.45) is 5.41 Å². The van der Waals surface area contributed by atoms with Gasteiger partial charge in [-0.3, -0.25) is 0 Å². The first-order valence-corrected chi connectivity index (χ1v) is 6.52. The maximum absolute atomic E-state index is 5.97. The normalized spacial score (nSPS) is 13.9. The minimum Gasteiger partial charge on any atom is -0.373 e. The molecule has 3 nitrogen and oxygen atoms in total. The molecule has 0 saturated carbocycles. The van der Waals surface area contributed by atoms with Crippen molar-refractivity contribution in [3.63, 3.8) is 0 Å². The lowest BCUT2D eigenvalue weighted by Crippen LogP contribution is -2.22. The standard InChI is InChI=1S/C10H13Cl2IN2O/c1-10(2,3)6(16-4)9-14-7(11)5(13)8(12)15-9/h6H,1-4H3. The van der Waals surface area contributed by atoms with Crippen molar-refractivity contribution in [3.8, 4) is 0 Å². The minimum absolute atomic E-state index is 0.117. The average molecular weight is 375 g/mol. The maximum atomic E-state index is 5.97. The van der Waals surface area contributed by atoms with Crippen LogP contribution in [0.1, 0.15) is 32.7 Å². The molecule has 16 heavy (non-hydrogen) atoms. The second kappa shape index (κ2) is 5.33. The van der Waals surface area contributed by atoms with E-state index in [1.807, 2.05) is 43.4 Å². The Morgan fingerprint density at radius 1 is 1.19 bits per heavy atom.